The lowest BCUT2D eigenvalue weighted by Gasteiger charge is -2.09. The fraction of sp³-hybridized carbons (Fsp3) is 0.150. The van der Waals surface area contributed by atoms with Crippen molar-refractivity contribution in [3.05, 3.63) is 83.0 Å². The Labute approximate surface area is 182 Å². The third kappa shape index (κ3) is 4.75. The molecule has 0 amide bonds. The Balaban J connectivity index is 1.46. The standard InChI is InChI=1S/C20H17Cl2N5OS/c1-2-9-27-19(12-28-17-6-3-14(21)4-7-17)24-25-20(27)29-13-16-11-26-10-15(22)5-8-18(26)23-16/h2-8,10-11H,1,9,12-13H2. The average Bonchev–Trinajstić information content (AvgIpc) is 3.29. The Kier molecular flexibility index (Phi) is 6.08. The summed E-state index contributed by atoms with van der Waals surface area (Å²) in [5.41, 5.74) is 1.79. The molecule has 9 heteroatoms. The smallest absolute Gasteiger partial charge is 0.191 e. The number of aromatic nitrogens is 5. The highest BCUT2D eigenvalue weighted by molar-refractivity contribution is 7.98. The molecule has 6 nitrogen and oxygen atoms in total. The maximum Gasteiger partial charge on any atom is 0.191 e. The Morgan fingerprint density at radius 3 is 2.62 bits per heavy atom. The minimum Gasteiger partial charge on any atom is -0.486 e. The van der Waals surface area contributed by atoms with Gasteiger partial charge in [-0.25, -0.2) is 4.98 Å². The van der Waals surface area contributed by atoms with Crippen LogP contribution in [-0.2, 0) is 18.9 Å². The molecule has 4 aromatic rings. The Hall–Kier alpha value is -2.48. The van der Waals surface area contributed by atoms with Crippen LogP contribution in [0, 0.1) is 0 Å². The number of benzene rings is 1. The van der Waals surface area contributed by atoms with E-state index in [0.29, 0.717) is 28.9 Å². The summed E-state index contributed by atoms with van der Waals surface area (Å²) in [7, 11) is 0. The van der Waals surface area contributed by atoms with Crippen molar-refractivity contribution >= 4 is 40.6 Å². The second-order valence-corrected chi connectivity index (χ2v) is 7.99. The van der Waals surface area contributed by atoms with E-state index in [1.165, 1.54) is 0 Å². The highest BCUT2D eigenvalue weighted by Gasteiger charge is 2.13. The topological polar surface area (TPSA) is 57.2 Å². The minimum atomic E-state index is 0.301. The zero-order chi connectivity index (χ0) is 20.2. The molecule has 3 aromatic heterocycles. The van der Waals surface area contributed by atoms with Gasteiger partial charge in [-0.15, -0.1) is 16.8 Å². The number of imidazole rings is 1. The summed E-state index contributed by atoms with van der Waals surface area (Å²) < 4.78 is 9.71. The molecule has 0 bridgehead atoms. The first-order valence-corrected chi connectivity index (χ1v) is 10.5. The summed E-state index contributed by atoms with van der Waals surface area (Å²) >= 11 is 13.5. The quantitative estimate of drug-likeness (QED) is 0.272. The van der Waals surface area contributed by atoms with Gasteiger partial charge in [-0.3, -0.25) is 4.57 Å². The Morgan fingerprint density at radius 1 is 1.03 bits per heavy atom. The molecule has 3 heterocycles. The maximum atomic E-state index is 6.04. The molecule has 1 aromatic carbocycles. The number of thioether (sulfide) groups is 1. The van der Waals surface area contributed by atoms with Gasteiger partial charge < -0.3 is 9.14 Å². The van der Waals surface area contributed by atoms with Crippen LogP contribution in [0.1, 0.15) is 11.5 Å². The maximum absolute atomic E-state index is 6.04. The molecule has 0 saturated heterocycles. The van der Waals surface area contributed by atoms with Crippen LogP contribution in [0.5, 0.6) is 5.75 Å². The van der Waals surface area contributed by atoms with E-state index in [-0.39, 0.29) is 0 Å². The third-order valence-corrected chi connectivity index (χ3v) is 5.58. The van der Waals surface area contributed by atoms with Gasteiger partial charge in [0, 0.05) is 29.7 Å². The molecule has 0 unspecified atom stereocenters. The molecule has 0 N–H and O–H groups in total. The summed E-state index contributed by atoms with van der Waals surface area (Å²) in [5, 5.41) is 10.7. The molecule has 0 radical (unpaired) electrons. The number of hydrogen-bond donors (Lipinski definition) is 0. The van der Waals surface area contributed by atoms with Crippen LogP contribution in [0.2, 0.25) is 10.0 Å². The lowest BCUT2D eigenvalue weighted by molar-refractivity contribution is 0.289. The lowest BCUT2D eigenvalue weighted by atomic mass is 10.3. The van der Waals surface area contributed by atoms with Crippen molar-refractivity contribution in [2.45, 2.75) is 24.1 Å². The van der Waals surface area contributed by atoms with E-state index in [2.05, 4.69) is 21.8 Å². The van der Waals surface area contributed by atoms with Crippen molar-refractivity contribution in [2.24, 2.45) is 0 Å². The number of fused-ring (bicyclic) bond motifs is 1. The van der Waals surface area contributed by atoms with Gasteiger partial charge in [-0.05, 0) is 36.4 Å². The van der Waals surface area contributed by atoms with Gasteiger partial charge in [0.2, 0.25) is 0 Å². The number of halogens is 2. The van der Waals surface area contributed by atoms with Crippen LogP contribution in [0.4, 0.5) is 0 Å². The Bertz CT molecular complexity index is 1140. The van der Waals surface area contributed by atoms with Crippen molar-refractivity contribution in [2.75, 3.05) is 0 Å². The normalized spacial score (nSPS) is 11.1. The van der Waals surface area contributed by atoms with Crippen molar-refractivity contribution in [3.8, 4) is 5.75 Å². The molecular formula is C20H17Cl2N5OS. The molecule has 0 aliphatic carbocycles. The predicted octanol–water partition coefficient (Wildman–Crippen LogP) is 5.29. The number of allylic oxidation sites excluding steroid dienone is 1. The lowest BCUT2D eigenvalue weighted by Crippen LogP contribution is -2.07. The molecule has 148 valence electrons. The summed E-state index contributed by atoms with van der Waals surface area (Å²) in [6.07, 6.45) is 5.61. The van der Waals surface area contributed by atoms with Crippen LogP contribution in [-0.4, -0.2) is 24.1 Å². The summed E-state index contributed by atoms with van der Waals surface area (Å²) in [5.74, 6) is 2.11. The van der Waals surface area contributed by atoms with Crippen molar-refractivity contribution in [1.29, 1.82) is 0 Å². The highest BCUT2D eigenvalue weighted by Crippen LogP contribution is 2.23. The highest BCUT2D eigenvalue weighted by atomic mass is 35.5. The van der Waals surface area contributed by atoms with Crippen LogP contribution < -0.4 is 4.74 Å². The van der Waals surface area contributed by atoms with E-state index in [1.807, 2.05) is 51.7 Å². The van der Waals surface area contributed by atoms with Gasteiger partial charge in [0.1, 0.15) is 18.0 Å². The van der Waals surface area contributed by atoms with Crippen molar-refractivity contribution in [3.63, 3.8) is 0 Å². The van der Waals surface area contributed by atoms with Crippen LogP contribution in [0.25, 0.3) is 5.65 Å². The molecule has 0 fully saturated rings. The number of nitrogens with zero attached hydrogens (tertiary/aromatic N) is 5. The molecule has 0 spiro atoms. The van der Waals surface area contributed by atoms with E-state index < -0.39 is 0 Å². The number of ether oxygens (including phenoxy) is 1. The summed E-state index contributed by atoms with van der Waals surface area (Å²) in [4.78, 5) is 4.60. The van der Waals surface area contributed by atoms with E-state index in [9.17, 15) is 0 Å². The summed E-state index contributed by atoms with van der Waals surface area (Å²) in [6, 6.07) is 10.9. The molecule has 29 heavy (non-hydrogen) atoms. The first-order valence-electron chi connectivity index (χ1n) is 8.79. The van der Waals surface area contributed by atoms with E-state index in [1.54, 1.807) is 23.9 Å². The zero-order valence-corrected chi connectivity index (χ0v) is 17.7. The van der Waals surface area contributed by atoms with Gasteiger partial charge in [0.15, 0.2) is 11.0 Å². The van der Waals surface area contributed by atoms with E-state index in [4.69, 9.17) is 27.9 Å². The van der Waals surface area contributed by atoms with Crippen molar-refractivity contribution in [1.82, 2.24) is 24.1 Å². The molecule has 0 aliphatic rings. The number of rotatable bonds is 8. The largest absolute Gasteiger partial charge is 0.486 e. The second kappa shape index (κ2) is 8.90. The number of hydrogen-bond acceptors (Lipinski definition) is 5. The van der Waals surface area contributed by atoms with E-state index >= 15 is 0 Å². The SMILES string of the molecule is C=CCn1c(COc2ccc(Cl)cc2)nnc1SCc1cn2cc(Cl)ccc2n1. The van der Waals surface area contributed by atoms with Gasteiger partial charge in [0.05, 0.1) is 10.7 Å². The van der Waals surface area contributed by atoms with Crippen LogP contribution >= 0.6 is 35.0 Å². The van der Waals surface area contributed by atoms with Gasteiger partial charge >= 0.3 is 0 Å². The monoisotopic (exact) mass is 445 g/mol. The summed E-state index contributed by atoms with van der Waals surface area (Å²) in [6.45, 7) is 4.73. The molecule has 0 atom stereocenters. The van der Waals surface area contributed by atoms with E-state index in [0.717, 1.165) is 28.1 Å². The van der Waals surface area contributed by atoms with Gasteiger partial charge in [-0.1, -0.05) is 41.0 Å². The zero-order valence-electron chi connectivity index (χ0n) is 15.3. The van der Waals surface area contributed by atoms with Gasteiger partial charge in [0.25, 0.3) is 0 Å². The van der Waals surface area contributed by atoms with Crippen molar-refractivity contribution < 1.29 is 4.74 Å². The first-order chi connectivity index (χ1) is 14.1. The average molecular weight is 446 g/mol. The van der Waals surface area contributed by atoms with Gasteiger partial charge in [-0.2, -0.15) is 0 Å². The number of pyridine rings is 1. The third-order valence-electron chi connectivity index (χ3n) is 4.10. The van der Waals surface area contributed by atoms with Crippen LogP contribution in [0.3, 0.4) is 0 Å². The fourth-order valence-electron chi connectivity index (χ4n) is 2.75. The molecule has 0 saturated carbocycles. The minimum absolute atomic E-state index is 0.301. The first kappa shape index (κ1) is 19.8. The second-order valence-electron chi connectivity index (χ2n) is 6.17. The molecule has 0 aliphatic heterocycles. The Morgan fingerprint density at radius 2 is 1.83 bits per heavy atom. The fourth-order valence-corrected chi connectivity index (χ4v) is 3.89. The molecule has 4 rings (SSSR count). The van der Waals surface area contributed by atoms with Crippen LogP contribution in [0.15, 0.2) is 66.6 Å². The predicted molar refractivity (Wildman–Crippen MR) is 116 cm³/mol. The molecular weight excluding hydrogens is 429 g/mol.